The number of nitrogens with zero attached hydrogens (tertiary/aromatic N) is 1. The van der Waals surface area contributed by atoms with Crippen LogP contribution >= 0.6 is 23.2 Å². The maximum absolute atomic E-state index is 12.9. The number of ether oxygens (including phenoxy) is 1. The summed E-state index contributed by atoms with van der Waals surface area (Å²) in [4.78, 5) is 25.9. The molecule has 0 bridgehead atoms. The van der Waals surface area contributed by atoms with Gasteiger partial charge in [0.1, 0.15) is 6.61 Å². The van der Waals surface area contributed by atoms with Gasteiger partial charge in [0.25, 0.3) is 0 Å². The highest BCUT2D eigenvalue weighted by Gasteiger charge is 2.30. The van der Waals surface area contributed by atoms with Crippen LogP contribution in [0.15, 0.2) is 50.5 Å². The third-order valence-electron chi connectivity index (χ3n) is 5.10. The smallest absolute Gasteiger partial charge is 0.417 e. The summed E-state index contributed by atoms with van der Waals surface area (Å²) in [6.07, 6.45) is 0.257. The van der Waals surface area contributed by atoms with Crippen LogP contribution in [0.25, 0.3) is 11.1 Å². The number of alkyl carbamates (subject to hydrolysis) is 1. The number of halogens is 2. The van der Waals surface area contributed by atoms with Crippen LogP contribution in [0, 0.1) is 0 Å². The van der Waals surface area contributed by atoms with E-state index in [2.05, 4.69) is 10.3 Å². The molecule has 0 radical (unpaired) electrons. The predicted octanol–water partition coefficient (Wildman–Crippen LogP) is 3.51. The molecule has 170 valence electrons. The number of hydrogen-bond donors (Lipinski definition) is 2. The Morgan fingerprint density at radius 1 is 1.16 bits per heavy atom. The molecule has 2 N–H and O–H groups in total. The van der Waals surface area contributed by atoms with Crippen LogP contribution < -0.4 is 11.1 Å². The number of nitrogens with one attached hydrogen (secondary N) is 2. The molecule has 9 nitrogen and oxygen atoms in total. The SMILES string of the molecule is O=C(NC1CCN(S(=O)(=O)c2ccc3[nH]c(=O)oc3c2)CC1)OCc1cc(Cl)cc(Cl)c1. The topological polar surface area (TPSA) is 122 Å². The van der Waals surface area contributed by atoms with Gasteiger partial charge in [0, 0.05) is 35.2 Å². The number of carbonyl (C=O) groups excluding carboxylic acids is 1. The standard InChI is InChI=1S/C20H19Cl2N3O6S/c21-13-7-12(8-14(22)9-13)11-30-19(26)23-15-3-5-25(6-4-15)32(28,29)16-1-2-17-18(10-16)31-20(27)24-17/h1-2,7-10,15H,3-6,11H2,(H,23,26)(H,24,27). The molecule has 0 atom stereocenters. The van der Waals surface area contributed by atoms with Crippen molar-refractivity contribution in [1.82, 2.24) is 14.6 Å². The highest BCUT2D eigenvalue weighted by molar-refractivity contribution is 7.89. The van der Waals surface area contributed by atoms with Crippen molar-refractivity contribution in [1.29, 1.82) is 0 Å². The van der Waals surface area contributed by atoms with E-state index >= 15 is 0 Å². The zero-order chi connectivity index (χ0) is 22.9. The molecule has 4 rings (SSSR count). The van der Waals surface area contributed by atoms with E-state index in [1.54, 1.807) is 18.2 Å². The van der Waals surface area contributed by atoms with E-state index in [1.807, 2.05) is 0 Å². The Hall–Kier alpha value is -2.53. The van der Waals surface area contributed by atoms with Gasteiger partial charge in [-0.25, -0.2) is 18.0 Å². The number of hydrogen-bond acceptors (Lipinski definition) is 6. The Labute approximate surface area is 193 Å². The lowest BCUT2D eigenvalue weighted by molar-refractivity contribution is 0.131. The third-order valence-corrected chi connectivity index (χ3v) is 7.43. The van der Waals surface area contributed by atoms with Crippen molar-refractivity contribution in [3.05, 3.63) is 62.6 Å². The number of amides is 1. The molecule has 1 amide bonds. The maximum Gasteiger partial charge on any atom is 0.417 e. The summed E-state index contributed by atoms with van der Waals surface area (Å²) in [7, 11) is -3.76. The largest absolute Gasteiger partial charge is 0.445 e. The Morgan fingerprint density at radius 2 is 1.84 bits per heavy atom. The van der Waals surface area contributed by atoms with Crippen molar-refractivity contribution in [3.63, 3.8) is 0 Å². The van der Waals surface area contributed by atoms with Crippen LogP contribution in [0.5, 0.6) is 0 Å². The van der Waals surface area contributed by atoms with E-state index in [9.17, 15) is 18.0 Å². The minimum Gasteiger partial charge on any atom is -0.445 e. The molecular formula is C20H19Cl2N3O6S. The number of benzene rings is 2. The molecular weight excluding hydrogens is 481 g/mol. The summed E-state index contributed by atoms with van der Waals surface area (Å²) < 4.78 is 37.4. The Kier molecular flexibility index (Phi) is 6.47. The third kappa shape index (κ3) is 5.09. The van der Waals surface area contributed by atoms with E-state index < -0.39 is 21.9 Å². The van der Waals surface area contributed by atoms with E-state index in [1.165, 1.54) is 22.5 Å². The summed E-state index contributed by atoms with van der Waals surface area (Å²) in [5, 5.41) is 3.65. The number of fused-ring (bicyclic) bond motifs is 1. The molecule has 0 unspecified atom stereocenters. The van der Waals surface area contributed by atoms with E-state index in [0.717, 1.165) is 0 Å². The number of H-pyrrole nitrogens is 1. The van der Waals surface area contributed by atoms with Crippen LogP contribution in [-0.4, -0.2) is 42.9 Å². The fraction of sp³-hybridized carbons (Fsp3) is 0.300. The van der Waals surface area contributed by atoms with Gasteiger partial charge >= 0.3 is 11.8 Å². The Bertz CT molecular complexity index is 1290. The number of carbonyl (C=O) groups is 1. The molecule has 0 saturated carbocycles. The van der Waals surface area contributed by atoms with Gasteiger partial charge in [0.15, 0.2) is 5.58 Å². The fourth-order valence-corrected chi connectivity index (χ4v) is 5.58. The number of piperidine rings is 1. The highest BCUT2D eigenvalue weighted by atomic mass is 35.5. The molecule has 0 spiro atoms. The number of aromatic amines is 1. The predicted molar refractivity (Wildman–Crippen MR) is 118 cm³/mol. The van der Waals surface area contributed by atoms with Gasteiger partial charge < -0.3 is 14.5 Å². The van der Waals surface area contributed by atoms with Crippen molar-refractivity contribution < 1.29 is 22.4 Å². The first-order valence-electron chi connectivity index (χ1n) is 9.72. The second kappa shape index (κ2) is 9.14. The molecule has 2 aromatic carbocycles. The van der Waals surface area contributed by atoms with E-state index in [-0.39, 0.29) is 36.2 Å². The molecule has 2 heterocycles. The number of rotatable bonds is 5. The number of aromatic nitrogens is 1. The molecule has 0 aliphatic carbocycles. The van der Waals surface area contributed by atoms with Gasteiger partial charge in [-0.1, -0.05) is 23.2 Å². The molecule has 1 fully saturated rings. The van der Waals surface area contributed by atoms with Gasteiger partial charge in [-0.3, -0.25) is 4.98 Å². The highest BCUT2D eigenvalue weighted by Crippen LogP contribution is 2.24. The summed E-state index contributed by atoms with van der Waals surface area (Å²) in [5.74, 6) is -0.646. The van der Waals surface area contributed by atoms with E-state index in [0.29, 0.717) is 34.0 Å². The van der Waals surface area contributed by atoms with Crippen molar-refractivity contribution in [3.8, 4) is 0 Å². The average Bonchev–Trinajstić information content (AvgIpc) is 3.11. The first-order valence-corrected chi connectivity index (χ1v) is 11.9. The fourth-order valence-electron chi connectivity index (χ4n) is 3.53. The van der Waals surface area contributed by atoms with Gasteiger partial charge in [0.2, 0.25) is 10.0 Å². The first-order chi connectivity index (χ1) is 15.2. The minimum absolute atomic E-state index is 0.0110. The van der Waals surface area contributed by atoms with Crippen molar-refractivity contribution >= 4 is 50.4 Å². The molecule has 1 aliphatic heterocycles. The number of sulfonamides is 1. The minimum atomic E-state index is -3.76. The zero-order valence-corrected chi connectivity index (χ0v) is 19.0. The monoisotopic (exact) mass is 499 g/mol. The summed E-state index contributed by atoms with van der Waals surface area (Å²) >= 11 is 11.9. The zero-order valence-electron chi connectivity index (χ0n) is 16.6. The van der Waals surface area contributed by atoms with Crippen LogP contribution in [0.1, 0.15) is 18.4 Å². The Balaban J connectivity index is 1.31. The Morgan fingerprint density at radius 3 is 2.53 bits per heavy atom. The molecule has 1 aliphatic rings. The first kappa shape index (κ1) is 22.7. The molecule has 3 aromatic rings. The van der Waals surface area contributed by atoms with Crippen LogP contribution in [0.4, 0.5) is 4.79 Å². The molecule has 32 heavy (non-hydrogen) atoms. The average molecular weight is 500 g/mol. The van der Waals surface area contributed by atoms with E-state index in [4.69, 9.17) is 32.4 Å². The lowest BCUT2D eigenvalue weighted by Crippen LogP contribution is -2.46. The van der Waals surface area contributed by atoms with Crippen molar-refractivity contribution in [2.24, 2.45) is 0 Å². The second-order valence-electron chi connectivity index (χ2n) is 7.35. The lowest BCUT2D eigenvalue weighted by Gasteiger charge is -2.31. The van der Waals surface area contributed by atoms with Crippen LogP contribution in [0.2, 0.25) is 10.0 Å². The van der Waals surface area contributed by atoms with Gasteiger partial charge in [-0.15, -0.1) is 0 Å². The van der Waals surface area contributed by atoms with Gasteiger partial charge in [-0.05, 0) is 48.7 Å². The van der Waals surface area contributed by atoms with Crippen molar-refractivity contribution in [2.75, 3.05) is 13.1 Å². The van der Waals surface area contributed by atoms with Gasteiger partial charge in [-0.2, -0.15) is 4.31 Å². The van der Waals surface area contributed by atoms with Gasteiger partial charge in [0.05, 0.1) is 10.4 Å². The molecule has 1 aromatic heterocycles. The normalized spacial score (nSPS) is 15.7. The maximum atomic E-state index is 12.9. The number of oxazole rings is 1. The lowest BCUT2D eigenvalue weighted by atomic mass is 10.1. The summed E-state index contributed by atoms with van der Waals surface area (Å²) in [6.45, 7) is 0.468. The molecule has 12 heteroatoms. The second-order valence-corrected chi connectivity index (χ2v) is 10.2. The summed E-state index contributed by atoms with van der Waals surface area (Å²) in [5.41, 5.74) is 1.26. The van der Waals surface area contributed by atoms with Crippen LogP contribution in [0.3, 0.4) is 0 Å². The quantitative estimate of drug-likeness (QED) is 0.553. The molecule has 1 saturated heterocycles. The van der Waals surface area contributed by atoms with Crippen LogP contribution in [-0.2, 0) is 21.4 Å². The van der Waals surface area contributed by atoms with Crippen molar-refractivity contribution in [2.45, 2.75) is 30.4 Å². The summed E-state index contributed by atoms with van der Waals surface area (Å²) in [6, 6.07) is 8.91.